The van der Waals surface area contributed by atoms with Gasteiger partial charge in [-0.15, -0.1) is 0 Å². The molecule has 0 aliphatic carbocycles. The number of hydrogen-bond acceptors (Lipinski definition) is 3. The maximum Gasteiger partial charge on any atom is 0.218 e. The van der Waals surface area contributed by atoms with Gasteiger partial charge >= 0.3 is 0 Å². The average molecular weight is 323 g/mol. The summed E-state index contributed by atoms with van der Waals surface area (Å²) in [6.07, 6.45) is 1.69. The van der Waals surface area contributed by atoms with Crippen LogP contribution in [0.2, 0.25) is 10.0 Å². The van der Waals surface area contributed by atoms with Crippen molar-refractivity contribution in [1.82, 2.24) is 4.31 Å². The maximum atomic E-state index is 12.4. The number of rotatable bonds is 4. The van der Waals surface area contributed by atoms with E-state index in [-0.39, 0.29) is 11.8 Å². The van der Waals surface area contributed by atoms with Crippen molar-refractivity contribution in [3.05, 3.63) is 33.8 Å². The van der Waals surface area contributed by atoms with E-state index in [9.17, 15) is 8.42 Å². The van der Waals surface area contributed by atoms with Crippen LogP contribution in [-0.2, 0) is 15.8 Å². The molecule has 0 spiro atoms. The van der Waals surface area contributed by atoms with Crippen LogP contribution in [0, 0.1) is 0 Å². The third kappa shape index (κ3) is 3.41. The van der Waals surface area contributed by atoms with E-state index < -0.39 is 10.0 Å². The van der Waals surface area contributed by atoms with Gasteiger partial charge in [0.05, 0.1) is 15.8 Å². The molecule has 0 unspecified atom stereocenters. The summed E-state index contributed by atoms with van der Waals surface area (Å²) in [4.78, 5) is 0. The fraction of sp³-hybridized carbons (Fsp3) is 0.500. The Hall–Kier alpha value is -0.330. The highest BCUT2D eigenvalue weighted by Gasteiger charge is 2.33. The van der Waals surface area contributed by atoms with Gasteiger partial charge in [0, 0.05) is 19.1 Å². The van der Waals surface area contributed by atoms with E-state index in [0.29, 0.717) is 28.7 Å². The molecule has 1 saturated heterocycles. The molecule has 0 aromatic heterocycles. The van der Waals surface area contributed by atoms with E-state index in [1.165, 1.54) is 4.31 Å². The van der Waals surface area contributed by atoms with Crippen molar-refractivity contribution in [2.75, 3.05) is 13.1 Å². The molecule has 19 heavy (non-hydrogen) atoms. The van der Waals surface area contributed by atoms with Crippen molar-refractivity contribution in [1.29, 1.82) is 0 Å². The number of hydrogen-bond donors (Lipinski definition) is 1. The Balaban J connectivity index is 2.19. The van der Waals surface area contributed by atoms with Crippen molar-refractivity contribution in [3.63, 3.8) is 0 Å². The highest BCUT2D eigenvalue weighted by molar-refractivity contribution is 7.88. The van der Waals surface area contributed by atoms with Crippen LogP contribution >= 0.6 is 23.2 Å². The topological polar surface area (TPSA) is 63.4 Å². The number of sulfonamides is 1. The lowest BCUT2D eigenvalue weighted by atomic mass is 10.2. The molecular weight excluding hydrogens is 307 g/mol. The molecule has 7 heteroatoms. The molecule has 2 rings (SSSR count). The maximum absolute atomic E-state index is 12.4. The summed E-state index contributed by atoms with van der Waals surface area (Å²) in [5, 5.41) is 0.787. The monoisotopic (exact) mass is 322 g/mol. The molecular formula is C12H16Cl2N2O2S. The smallest absolute Gasteiger partial charge is 0.218 e. The lowest BCUT2D eigenvalue weighted by molar-refractivity contribution is 0.392. The first-order valence-corrected chi connectivity index (χ1v) is 8.44. The van der Waals surface area contributed by atoms with Crippen molar-refractivity contribution >= 4 is 33.2 Å². The van der Waals surface area contributed by atoms with Crippen LogP contribution in [0.3, 0.4) is 0 Å². The number of benzene rings is 1. The Bertz CT molecular complexity index is 563. The summed E-state index contributed by atoms with van der Waals surface area (Å²) in [5.74, 6) is -0.0691. The van der Waals surface area contributed by atoms with Crippen LogP contribution in [0.1, 0.15) is 18.4 Å². The largest absolute Gasteiger partial charge is 0.329 e. The van der Waals surface area contributed by atoms with Crippen molar-refractivity contribution in [3.8, 4) is 0 Å². The summed E-state index contributed by atoms with van der Waals surface area (Å²) in [5.41, 5.74) is 6.25. The quantitative estimate of drug-likeness (QED) is 0.924. The summed E-state index contributed by atoms with van der Waals surface area (Å²) < 4.78 is 26.2. The van der Waals surface area contributed by atoms with Crippen LogP contribution in [0.25, 0.3) is 0 Å². The fourth-order valence-electron chi connectivity index (χ4n) is 2.33. The average Bonchev–Trinajstić information content (AvgIpc) is 2.82. The Morgan fingerprint density at radius 1 is 1.32 bits per heavy atom. The van der Waals surface area contributed by atoms with E-state index in [4.69, 9.17) is 28.9 Å². The lowest BCUT2D eigenvalue weighted by Gasteiger charge is -2.22. The van der Waals surface area contributed by atoms with Gasteiger partial charge in [0.15, 0.2) is 0 Å². The van der Waals surface area contributed by atoms with Crippen LogP contribution in [0.15, 0.2) is 18.2 Å². The molecule has 0 saturated carbocycles. The number of nitrogens with zero attached hydrogens (tertiary/aromatic N) is 1. The molecule has 0 bridgehead atoms. The van der Waals surface area contributed by atoms with Gasteiger partial charge in [0.1, 0.15) is 0 Å². The molecule has 1 heterocycles. The zero-order chi connectivity index (χ0) is 14.0. The van der Waals surface area contributed by atoms with Gasteiger partial charge in [-0.2, -0.15) is 4.31 Å². The third-order valence-electron chi connectivity index (χ3n) is 3.29. The summed E-state index contributed by atoms with van der Waals surface area (Å²) in [6.45, 7) is 0.909. The summed E-state index contributed by atoms with van der Waals surface area (Å²) in [6, 6.07) is 4.81. The molecule has 0 amide bonds. The highest BCUT2D eigenvalue weighted by Crippen LogP contribution is 2.26. The molecule has 4 nitrogen and oxygen atoms in total. The second-order valence-corrected chi connectivity index (χ2v) is 7.38. The molecule has 1 aromatic rings. The molecule has 1 atom stereocenters. The molecule has 1 aromatic carbocycles. The van der Waals surface area contributed by atoms with E-state index in [1.807, 2.05) is 0 Å². The molecule has 106 valence electrons. The second-order valence-electron chi connectivity index (χ2n) is 4.65. The normalized spacial score (nSPS) is 20.9. The predicted molar refractivity (Wildman–Crippen MR) is 77.9 cm³/mol. The van der Waals surface area contributed by atoms with Crippen molar-refractivity contribution in [2.24, 2.45) is 5.73 Å². The Kier molecular flexibility index (Phi) is 4.74. The molecule has 1 fully saturated rings. The van der Waals surface area contributed by atoms with Crippen LogP contribution < -0.4 is 5.73 Å². The lowest BCUT2D eigenvalue weighted by Crippen LogP contribution is -2.40. The third-order valence-corrected chi connectivity index (χ3v) is 5.92. The minimum absolute atomic E-state index is 0.0691. The highest BCUT2D eigenvalue weighted by atomic mass is 35.5. The van der Waals surface area contributed by atoms with Gasteiger partial charge in [-0.25, -0.2) is 8.42 Å². The molecule has 2 N–H and O–H groups in total. The second kappa shape index (κ2) is 5.97. The Morgan fingerprint density at radius 2 is 2.05 bits per heavy atom. The van der Waals surface area contributed by atoms with E-state index in [0.717, 1.165) is 12.8 Å². The summed E-state index contributed by atoms with van der Waals surface area (Å²) >= 11 is 11.7. The van der Waals surface area contributed by atoms with Gasteiger partial charge in [0.25, 0.3) is 0 Å². The predicted octanol–water partition coefficient (Wildman–Crippen LogP) is 2.25. The standard InChI is InChI=1S/C12H16Cl2N2O2S/c13-11-4-3-9(6-12(11)14)8-19(17,18)16-5-1-2-10(16)7-15/h3-4,6,10H,1-2,5,7-8,15H2/t10-/m1/s1. The van der Waals surface area contributed by atoms with Crippen molar-refractivity contribution in [2.45, 2.75) is 24.6 Å². The van der Waals surface area contributed by atoms with Crippen LogP contribution in [0.4, 0.5) is 0 Å². The molecule has 1 aliphatic rings. The van der Waals surface area contributed by atoms with E-state index in [2.05, 4.69) is 0 Å². The molecule has 1 aliphatic heterocycles. The van der Waals surface area contributed by atoms with Crippen LogP contribution in [-0.4, -0.2) is 31.9 Å². The van der Waals surface area contributed by atoms with Gasteiger partial charge < -0.3 is 5.73 Å². The first kappa shape index (κ1) is 15.1. The number of nitrogens with two attached hydrogens (primary N) is 1. The van der Waals surface area contributed by atoms with E-state index in [1.54, 1.807) is 18.2 Å². The van der Waals surface area contributed by atoms with Gasteiger partial charge in [0.2, 0.25) is 10.0 Å². The number of halogens is 2. The fourth-order valence-corrected chi connectivity index (χ4v) is 4.47. The first-order valence-electron chi connectivity index (χ1n) is 6.07. The molecule has 0 radical (unpaired) electrons. The summed E-state index contributed by atoms with van der Waals surface area (Å²) in [7, 11) is -3.35. The first-order chi connectivity index (χ1) is 8.94. The zero-order valence-electron chi connectivity index (χ0n) is 10.4. The van der Waals surface area contributed by atoms with Crippen molar-refractivity contribution < 1.29 is 8.42 Å². The van der Waals surface area contributed by atoms with Crippen LogP contribution in [0.5, 0.6) is 0 Å². The minimum Gasteiger partial charge on any atom is -0.329 e. The van der Waals surface area contributed by atoms with E-state index >= 15 is 0 Å². The van der Waals surface area contributed by atoms with Gasteiger partial charge in [-0.3, -0.25) is 0 Å². The SMILES string of the molecule is NC[C@H]1CCCN1S(=O)(=O)Cc1ccc(Cl)c(Cl)c1. The minimum atomic E-state index is -3.35. The Morgan fingerprint density at radius 3 is 2.68 bits per heavy atom. The Labute approximate surface area is 123 Å². The van der Waals surface area contributed by atoms with Gasteiger partial charge in [-0.1, -0.05) is 29.3 Å². The van der Waals surface area contributed by atoms with Gasteiger partial charge in [-0.05, 0) is 30.5 Å². The zero-order valence-corrected chi connectivity index (χ0v) is 12.7.